The van der Waals surface area contributed by atoms with Crippen LogP contribution in [-0.4, -0.2) is 48.1 Å². The van der Waals surface area contributed by atoms with Crippen LogP contribution in [0.1, 0.15) is 58.1 Å². The van der Waals surface area contributed by atoms with Gasteiger partial charge in [0.25, 0.3) is 0 Å². The van der Waals surface area contributed by atoms with Crippen LogP contribution in [0.5, 0.6) is 5.75 Å². The normalized spacial score (nSPS) is 13.5. The number of aryl methyl sites for hydroxylation is 1. The van der Waals surface area contributed by atoms with Crippen molar-refractivity contribution in [2.45, 2.75) is 94.1 Å². The van der Waals surface area contributed by atoms with Crippen molar-refractivity contribution in [1.29, 1.82) is 0 Å². The van der Waals surface area contributed by atoms with Crippen LogP contribution in [0, 0.1) is 5.92 Å². The fourth-order valence-electron chi connectivity index (χ4n) is 4.49. The molecule has 9 nitrogen and oxygen atoms in total. The molecule has 3 aromatic carbocycles. The third-order valence-electron chi connectivity index (χ3n) is 8.67. The molecule has 0 spiro atoms. The molecule has 13 heteroatoms. The second-order valence-corrected chi connectivity index (χ2v) is 21.6. The number of benzene rings is 3. The van der Waals surface area contributed by atoms with Gasteiger partial charge in [-0.2, -0.15) is 0 Å². The highest BCUT2D eigenvalue weighted by Crippen LogP contribution is 2.50. The number of unbranched alkanes of at least 4 members (excludes halogenated alkanes) is 1. The summed E-state index contributed by atoms with van der Waals surface area (Å²) in [5.74, 6) is 0.337. The van der Waals surface area contributed by atoms with Gasteiger partial charge in [-0.05, 0) is 78.9 Å². The van der Waals surface area contributed by atoms with Gasteiger partial charge in [-0.3, -0.25) is 18.9 Å². The van der Waals surface area contributed by atoms with Crippen LogP contribution in [-0.2, 0) is 40.3 Å². The summed E-state index contributed by atoms with van der Waals surface area (Å²) in [5, 5.41) is 3.31. The second-order valence-electron chi connectivity index (χ2n) is 13.4. The monoisotopic (exact) mass is 765 g/mol. The summed E-state index contributed by atoms with van der Waals surface area (Å²) in [6.45, 7) is 13.8. The van der Waals surface area contributed by atoms with Crippen molar-refractivity contribution >= 4 is 45.6 Å². The number of halogens is 1. The lowest BCUT2D eigenvalue weighted by Crippen LogP contribution is -2.47. The smallest absolute Gasteiger partial charge is 0.476 e. The predicted octanol–water partition coefficient (Wildman–Crippen LogP) is 10.9. The molecule has 3 aromatic rings. The molecule has 50 heavy (non-hydrogen) atoms. The number of carbonyl (C=O) groups excluding carboxylic acids is 1. The van der Waals surface area contributed by atoms with Gasteiger partial charge in [0, 0.05) is 41.6 Å². The van der Waals surface area contributed by atoms with Crippen LogP contribution in [0.15, 0.2) is 82.6 Å². The van der Waals surface area contributed by atoms with Crippen molar-refractivity contribution in [3.63, 3.8) is 0 Å². The van der Waals surface area contributed by atoms with Crippen molar-refractivity contribution < 1.29 is 36.8 Å². The Bertz CT molecular complexity index is 1530. The van der Waals surface area contributed by atoms with E-state index in [4.69, 9.17) is 39.1 Å². The van der Waals surface area contributed by atoms with E-state index >= 15 is 0 Å². The fourth-order valence-corrected chi connectivity index (χ4v) is 7.63. The number of alkyl carbamates (subject to hydrolysis) is 1. The lowest BCUT2D eigenvalue weighted by Gasteiger charge is -2.38. The summed E-state index contributed by atoms with van der Waals surface area (Å²) in [4.78, 5) is 14.9. The molecule has 1 N–H and O–H groups in total. The number of phosphoric acid groups is 1. The number of ether oxygens (including phenoxy) is 2. The van der Waals surface area contributed by atoms with E-state index in [1.54, 1.807) is 11.8 Å². The van der Waals surface area contributed by atoms with Crippen LogP contribution in [0.2, 0.25) is 23.2 Å². The Kier molecular flexibility index (Phi) is 16.9. The molecule has 0 aromatic heterocycles. The van der Waals surface area contributed by atoms with E-state index in [1.807, 2.05) is 79.7 Å². The average molecular weight is 766 g/mol. The molecule has 0 bridgehead atoms. The minimum Gasteiger partial charge on any atom is -0.489 e. The van der Waals surface area contributed by atoms with Gasteiger partial charge in [-0.1, -0.05) is 99.9 Å². The topological polar surface area (TPSA) is 102 Å². The highest BCUT2D eigenvalue weighted by Gasteiger charge is 2.40. The molecule has 0 radical (unpaired) electrons. The number of hydrogen-bond acceptors (Lipinski definition) is 9. The molecular weight excluding hydrogens is 713 g/mol. The molecule has 0 saturated carbocycles. The van der Waals surface area contributed by atoms with E-state index in [-0.39, 0.29) is 18.3 Å². The summed E-state index contributed by atoms with van der Waals surface area (Å²) in [6, 6.07) is 24.0. The van der Waals surface area contributed by atoms with E-state index in [0.717, 1.165) is 33.1 Å². The predicted molar refractivity (Wildman–Crippen MR) is 204 cm³/mol. The number of amides is 1. The summed E-state index contributed by atoms with van der Waals surface area (Å²) in [5.41, 5.74) is 2.02. The van der Waals surface area contributed by atoms with Gasteiger partial charge in [0.05, 0.1) is 6.61 Å². The Morgan fingerprint density at radius 2 is 1.68 bits per heavy atom. The van der Waals surface area contributed by atoms with E-state index in [2.05, 4.69) is 39.2 Å². The maximum atomic E-state index is 13.2. The van der Waals surface area contributed by atoms with Crippen LogP contribution in [0.4, 0.5) is 4.79 Å². The molecular formula is C37H53ClNO8PSSi. The first-order chi connectivity index (χ1) is 23.7. The molecule has 0 heterocycles. The van der Waals surface area contributed by atoms with Crippen LogP contribution in [0.25, 0.3) is 0 Å². The number of carbonyl (C=O) groups is 1. The first-order valence-electron chi connectivity index (χ1n) is 16.9. The Morgan fingerprint density at radius 3 is 2.32 bits per heavy atom. The zero-order chi connectivity index (χ0) is 36.8. The first-order valence-corrected chi connectivity index (χ1v) is 22.4. The van der Waals surface area contributed by atoms with Crippen LogP contribution in [0.3, 0.4) is 0 Å². The molecule has 0 saturated heterocycles. The van der Waals surface area contributed by atoms with Crippen molar-refractivity contribution in [1.82, 2.24) is 5.32 Å². The lowest BCUT2D eigenvalue weighted by atomic mass is 9.98. The molecule has 2 atom stereocenters. The minimum absolute atomic E-state index is 0.0564. The molecule has 0 fully saturated rings. The molecule has 3 rings (SSSR count). The van der Waals surface area contributed by atoms with E-state index in [0.29, 0.717) is 30.9 Å². The largest absolute Gasteiger partial charge is 0.489 e. The van der Waals surface area contributed by atoms with Crippen molar-refractivity contribution in [3.8, 4) is 5.75 Å². The average Bonchev–Trinajstić information content (AvgIpc) is 3.08. The molecule has 0 aliphatic carbocycles. The highest BCUT2D eigenvalue weighted by atomic mass is 35.5. The Morgan fingerprint density at radius 1 is 0.980 bits per heavy atom. The third kappa shape index (κ3) is 13.7. The van der Waals surface area contributed by atoms with Gasteiger partial charge in [-0.15, -0.1) is 0 Å². The zero-order valence-electron chi connectivity index (χ0n) is 30.5. The van der Waals surface area contributed by atoms with Crippen LogP contribution < -0.4 is 10.1 Å². The van der Waals surface area contributed by atoms with E-state index in [1.165, 1.54) is 14.2 Å². The molecule has 2 unspecified atom stereocenters. The number of nitrogens with one attached hydrogen (secondary N) is 1. The van der Waals surface area contributed by atoms with Gasteiger partial charge >= 0.3 is 13.9 Å². The quantitative estimate of drug-likeness (QED) is 0.0521. The fraction of sp³-hybridized carbons (Fsp3) is 0.486. The summed E-state index contributed by atoms with van der Waals surface area (Å²) >= 11 is 8.45. The van der Waals surface area contributed by atoms with Gasteiger partial charge in [-0.25, -0.2) is 9.36 Å². The summed E-state index contributed by atoms with van der Waals surface area (Å²) in [7, 11) is -3.75. The third-order valence-corrected chi connectivity index (χ3v) is 15.9. The van der Waals surface area contributed by atoms with Gasteiger partial charge in [0.2, 0.25) is 0 Å². The molecule has 276 valence electrons. The number of rotatable bonds is 20. The highest BCUT2D eigenvalue weighted by molar-refractivity contribution is 7.99. The summed E-state index contributed by atoms with van der Waals surface area (Å²) < 4.78 is 47.2. The zero-order valence-corrected chi connectivity index (χ0v) is 34.0. The van der Waals surface area contributed by atoms with E-state index in [9.17, 15) is 9.36 Å². The van der Waals surface area contributed by atoms with Gasteiger partial charge < -0.3 is 13.9 Å². The SMILES string of the molecule is CCCCOC(=O)NC(OP(=O)(OC)OC)C(CCc1ccc(Sc2cccc(OCc3ccccc3)c2)cc1Cl)CO[Si](C)(C)C(C)(C)C. The Balaban J connectivity index is 1.78. The molecule has 1 amide bonds. The molecule has 0 aliphatic rings. The van der Waals surface area contributed by atoms with Gasteiger partial charge in [0.15, 0.2) is 8.32 Å². The first kappa shape index (κ1) is 42.1. The Labute approximate surface area is 308 Å². The Hall–Kier alpha value is -2.34. The number of hydrogen-bond donors (Lipinski definition) is 1. The van der Waals surface area contributed by atoms with Crippen molar-refractivity contribution in [2.24, 2.45) is 5.92 Å². The van der Waals surface area contributed by atoms with Crippen molar-refractivity contribution in [2.75, 3.05) is 27.4 Å². The maximum absolute atomic E-state index is 13.2. The second kappa shape index (κ2) is 20.0. The van der Waals surface area contributed by atoms with Gasteiger partial charge in [0.1, 0.15) is 18.6 Å². The maximum Gasteiger partial charge on any atom is 0.476 e. The summed E-state index contributed by atoms with van der Waals surface area (Å²) in [6.07, 6.45) is 0.820. The van der Waals surface area contributed by atoms with Crippen molar-refractivity contribution in [3.05, 3.63) is 88.9 Å². The molecule has 0 aliphatic heterocycles. The minimum atomic E-state index is -4.00. The lowest BCUT2D eigenvalue weighted by molar-refractivity contribution is 0.0225. The van der Waals surface area contributed by atoms with E-state index < -0.39 is 34.4 Å². The van der Waals surface area contributed by atoms with Crippen LogP contribution >= 0.6 is 31.2 Å². The standard InChI is InChI=1S/C37H53ClNO8PSSi/c1-9-10-23-44-36(40)39-35(47-48(41,42-5)43-6)30(27-46-50(7,8)37(2,3)4)20-19-29-21-22-33(25-34(29)38)49-32-18-14-17-31(24-32)45-26-28-15-12-11-13-16-28/h11-18,21-22,24-25,30,35H,9-10,19-20,23,26-27H2,1-8H3,(H,39,40). The number of phosphoric ester groups is 1.